The number of halogens is 2. The predicted molar refractivity (Wildman–Crippen MR) is 89.9 cm³/mol. The van der Waals surface area contributed by atoms with Crippen molar-refractivity contribution in [2.45, 2.75) is 12.8 Å². The zero-order valence-electron chi connectivity index (χ0n) is 12.0. The fourth-order valence-corrected chi connectivity index (χ4v) is 3.07. The molecule has 0 aliphatic carbocycles. The molecule has 0 radical (unpaired) electrons. The first-order valence-electron chi connectivity index (χ1n) is 7.25. The fourth-order valence-electron chi connectivity index (χ4n) is 2.67. The molecule has 3 rings (SSSR count). The summed E-state index contributed by atoms with van der Waals surface area (Å²) in [5.41, 5.74) is 1.93. The van der Waals surface area contributed by atoms with Crippen molar-refractivity contribution in [1.82, 2.24) is 0 Å². The fraction of sp³-hybridized carbons (Fsp3) is 0.235. The largest absolute Gasteiger partial charge is 0.370 e. The minimum atomic E-state index is -0.354. The summed E-state index contributed by atoms with van der Waals surface area (Å²) >= 11 is 3.35. The van der Waals surface area contributed by atoms with Crippen LogP contribution in [0.5, 0.6) is 0 Å². The summed E-state index contributed by atoms with van der Waals surface area (Å²) in [7, 11) is 0. The SMILES string of the molecule is O=C(Nc1cc(F)ccc1N1CCCC1)c1cccc(Br)c1. The summed E-state index contributed by atoms with van der Waals surface area (Å²) in [4.78, 5) is 14.5. The van der Waals surface area contributed by atoms with E-state index in [2.05, 4.69) is 26.1 Å². The van der Waals surface area contributed by atoms with Gasteiger partial charge in [-0.3, -0.25) is 4.79 Å². The molecule has 0 unspecified atom stereocenters. The molecule has 0 aromatic heterocycles. The Morgan fingerprint density at radius 1 is 1.14 bits per heavy atom. The van der Waals surface area contributed by atoms with Crippen LogP contribution in [0.3, 0.4) is 0 Å². The summed E-state index contributed by atoms with van der Waals surface area (Å²) in [5, 5.41) is 2.83. The zero-order valence-corrected chi connectivity index (χ0v) is 13.6. The summed E-state index contributed by atoms with van der Waals surface area (Å²) in [5.74, 6) is -0.597. The van der Waals surface area contributed by atoms with E-state index in [0.717, 1.165) is 36.1 Å². The summed E-state index contributed by atoms with van der Waals surface area (Å²) in [6, 6.07) is 11.7. The van der Waals surface area contributed by atoms with Gasteiger partial charge in [-0.2, -0.15) is 0 Å². The lowest BCUT2D eigenvalue weighted by molar-refractivity contribution is 0.102. The van der Waals surface area contributed by atoms with E-state index in [1.807, 2.05) is 6.07 Å². The van der Waals surface area contributed by atoms with E-state index in [4.69, 9.17) is 0 Å². The number of rotatable bonds is 3. The highest BCUT2D eigenvalue weighted by Gasteiger charge is 2.18. The molecule has 2 aromatic rings. The van der Waals surface area contributed by atoms with Crippen LogP contribution in [0.4, 0.5) is 15.8 Å². The lowest BCUT2D eigenvalue weighted by atomic mass is 10.2. The van der Waals surface area contributed by atoms with E-state index in [0.29, 0.717) is 11.3 Å². The molecule has 1 aliphatic heterocycles. The van der Waals surface area contributed by atoms with Crippen molar-refractivity contribution in [3.63, 3.8) is 0 Å². The molecule has 5 heteroatoms. The predicted octanol–water partition coefficient (Wildman–Crippen LogP) is 4.44. The minimum absolute atomic E-state index is 0.243. The quantitative estimate of drug-likeness (QED) is 0.875. The average Bonchev–Trinajstić information content (AvgIpc) is 3.01. The minimum Gasteiger partial charge on any atom is -0.370 e. The molecule has 1 saturated heterocycles. The number of nitrogens with one attached hydrogen (secondary N) is 1. The van der Waals surface area contributed by atoms with Crippen LogP contribution in [0.15, 0.2) is 46.9 Å². The van der Waals surface area contributed by atoms with E-state index in [9.17, 15) is 9.18 Å². The number of hydrogen-bond donors (Lipinski definition) is 1. The third kappa shape index (κ3) is 3.30. The highest BCUT2D eigenvalue weighted by Crippen LogP contribution is 2.30. The van der Waals surface area contributed by atoms with Gasteiger partial charge in [0.15, 0.2) is 0 Å². The van der Waals surface area contributed by atoms with Crippen molar-refractivity contribution in [1.29, 1.82) is 0 Å². The van der Waals surface area contributed by atoms with Crippen molar-refractivity contribution >= 4 is 33.2 Å². The number of carbonyl (C=O) groups excluding carboxylic acids is 1. The molecule has 0 spiro atoms. The molecule has 114 valence electrons. The molecule has 0 atom stereocenters. The Bertz CT molecular complexity index is 699. The summed E-state index contributed by atoms with van der Waals surface area (Å²) < 4.78 is 14.4. The van der Waals surface area contributed by atoms with E-state index in [1.54, 1.807) is 24.3 Å². The first-order chi connectivity index (χ1) is 10.6. The third-order valence-corrected chi connectivity index (χ3v) is 4.23. The van der Waals surface area contributed by atoms with Gasteiger partial charge in [0.25, 0.3) is 5.91 Å². The van der Waals surface area contributed by atoms with Crippen LogP contribution in [0.2, 0.25) is 0 Å². The highest BCUT2D eigenvalue weighted by molar-refractivity contribution is 9.10. The van der Waals surface area contributed by atoms with Crippen LogP contribution in [-0.2, 0) is 0 Å². The van der Waals surface area contributed by atoms with Gasteiger partial charge in [-0.05, 0) is 49.2 Å². The first kappa shape index (κ1) is 15.0. The number of hydrogen-bond acceptors (Lipinski definition) is 2. The summed E-state index contributed by atoms with van der Waals surface area (Å²) in [6.45, 7) is 1.87. The lowest BCUT2D eigenvalue weighted by Crippen LogP contribution is -2.21. The van der Waals surface area contributed by atoms with Gasteiger partial charge in [-0.15, -0.1) is 0 Å². The number of nitrogens with zero attached hydrogens (tertiary/aromatic N) is 1. The molecular weight excluding hydrogens is 347 g/mol. The maximum Gasteiger partial charge on any atom is 0.255 e. The van der Waals surface area contributed by atoms with E-state index >= 15 is 0 Å². The van der Waals surface area contributed by atoms with Crippen LogP contribution < -0.4 is 10.2 Å². The van der Waals surface area contributed by atoms with Crippen molar-refractivity contribution in [2.24, 2.45) is 0 Å². The average molecular weight is 363 g/mol. The molecule has 22 heavy (non-hydrogen) atoms. The molecule has 3 nitrogen and oxygen atoms in total. The highest BCUT2D eigenvalue weighted by atomic mass is 79.9. The van der Waals surface area contributed by atoms with Crippen molar-refractivity contribution in [2.75, 3.05) is 23.3 Å². The molecular formula is C17H16BrFN2O. The number of benzene rings is 2. The Labute approximate surface area is 137 Å². The van der Waals surface area contributed by atoms with Gasteiger partial charge < -0.3 is 10.2 Å². The van der Waals surface area contributed by atoms with Gasteiger partial charge in [-0.25, -0.2) is 4.39 Å². The van der Waals surface area contributed by atoms with Gasteiger partial charge in [-0.1, -0.05) is 22.0 Å². The number of amides is 1. The van der Waals surface area contributed by atoms with Gasteiger partial charge in [0.1, 0.15) is 5.82 Å². The van der Waals surface area contributed by atoms with Crippen LogP contribution in [0.25, 0.3) is 0 Å². The molecule has 2 aromatic carbocycles. The Balaban J connectivity index is 1.87. The second-order valence-electron chi connectivity index (χ2n) is 5.32. The van der Waals surface area contributed by atoms with Crippen LogP contribution in [0, 0.1) is 5.82 Å². The normalized spacial score (nSPS) is 14.2. The zero-order chi connectivity index (χ0) is 15.5. The Hall–Kier alpha value is -1.88. The molecule has 1 aliphatic rings. The van der Waals surface area contributed by atoms with Gasteiger partial charge >= 0.3 is 0 Å². The standard InChI is InChI=1S/C17H16BrFN2O/c18-13-5-3-4-12(10-13)17(22)20-15-11-14(19)6-7-16(15)21-8-1-2-9-21/h3-7,10-11H,1-2,8-9H2,(H,20,22). The van der Waals surface area contributed by atoms with Gasteiger partial charge in [0.2, 0.25) is 0 Å². The van der Waals surface area contributed by atoms with E-state index in [-0.39, 0.29) is 11.7 Å². The Morgan fingerprint density at radius 2 is 1.91 bits per heavy atom. The monoisotopic (exact) mass is 362 g/mol. The third-order valence-electron chi connectivity index (χ3n) is 3.74. The Morgan fingerprint density at radius 3 is 2.64 bits per heavy atom. The molecule has 1 fully saturated rings. The topological polar surface area (TPSA) is 32.3 Å². The van der Waals surface area contributed by atoms with Gasteiger partial charge in [0.05, 0.1) is 11.4 Å². The van der Waals surface area contributed by atoms with E-state index in [1.165, 1.54) is 12.1 Å². The maximum absolute atomic E-state index is 13.6. The molecule has 0 bridgehead atoms. The number of anilines is 2. The summed E-state index contributed by atoms with van der Waals surface area (Å²) in [6.07, 6.45) is 2.24. The van der Waals surface area contributed by atoms with Crippen molar-refractivity contribution in [3.05, 3.63) is 58.3 Å². The molecule has 1 N–H and O–H groups in total. The van der Waals surface area contributed by atoms with E-state index < -0.39 is 0 Å². The van der Waals surface area contributed by atoms with Crippen molar-refractivity contribution in [3.8, 4) is 0 Å². The van der Waals surface area contributed by atoms with Gasteiger partial charge in [0, 0.05) is 23.1 Å². The molecule has 0 saturated carbocycles. The van der Waals surface area contributed by atoms with Crippen LogP contribution >= 0.6 is 15.9 Å². The second kappa shape index (κ2) is 6.48. The molecule has 1 amide bonds. The molecule has 1 heterocycles. The lowest BCUT2D eigenvalue weighted by Gasteiger charge is -2.21. The first-order valence-corrected chi connectivity index (χ1v) is 8.04. The van der Waals surface area contributed by atoms with Crippen LogP contribution in [-0.4, -0.2) is 19.0 Å². The number of carbonyl (C=O) groups is 1. The second-order valence-corrected chi connectivity index (χ2v) is 6.24. The smallest absolute Gasteiger partial charge is 0.255 e. The maximum atomic E-state index is 13.6. The Kier molecular flexibility index (Phi) is 4.43. The van der Waals surface area contributed by atoms with Crippen LogP contribution in [0.1, 0.15) is 23.2 Å². The van der Waals surface area contributed by atoms with Crippen molar-refractivity contribution < 1.29 is 9.18 Å².